The van der Waals surface area contributed by atoms with Gasteiger partial charge in [-0.2, -0.15) is 0 Å². The molecule has 1 aromatic heterocycles. The number of oxime groups is 1. The maximum atomic E-state index is 5.90. The number of aromatic nitrogens is 1. The number of fused-ring (bicyclic) bond motifs is 3. The summed E-state index contributed by atoms with van der Waals surface area (Å²) in [4.78, 5) is 13.0. The summed E-state index contributed by atoms with van der Waals surface area (Å²) < 4.78 is 6.38. The van der Waals surface area contributed by atoms with Crippen molar-refractivity contribution in [2.75, 3.05) is 26.7 Å². The summed E-state index contributed by atoms with van der Waals surface area (Å²) in [6.45, 7) is 3.25. The van der Waals surface area contributed by atoms with Crippen molar-refractivity contribution in [3.8, 4) is 5.75 Å². The third-order valence-electron chi connectivity index (χ3n) is 5.13. The summed E-state index contributed by atoms with van der Waals surface area (Å²) in [5.74, 6) is 2.14. The lowest BCUT2D eigenvalue weighted by Gasteiger charge is -2.49. The van der Waals surface area contributed by atoms with Crippen LogP contribution in [0.15, 0.2) is 23.4 Å². The maximum absolute atomic E-state index is 5.90. The molecule has 4 aliphatic rings. The van der Waals surface area contributed by atoms with Gasteiger partial charge in [-0.3, -0.25) is 4.90 Å². The Morgan fingerprint density at radius 3 is 3.00 bits per heavy atom. The van der Waals surface area contributed by atoms with Crippen LogP contribution in [0.1, 0.15) is 17.8 Å². The van der Waals surface area contributed by atoms with Crippen molar-refractivity contribution < 1.29 is 9.57 Å². The molecule has 0 radical (unpaired) electrons. The highest BCUT2D eigenvalue weighted by Gasteiger charge is 2.52. The minimum absolute atomic E-state index is 0.346. The van der Waals surface area contributed by atoms with Gasteiger partial charge >= 0.3 is 0 Å². The first kappa shape index (κ1) is 13.6. The summed E-state index contributed by atoms with van der Waals surface area (Å²) in [7, 11) is 1.68. The highest BCUT2D eigenvalue weighted by molar-refractivity contribution is 7.20. The second-order valence-electron chi connectivity index (χ2n) is 6.45. The molecule has 3 saturated heterocycles. The number of piperidine rings is 3. The zero-order valence-electron chi connectivity index (χ0n) is 12.9. The van der Waals surface area contributed by atoms with E-state index in [-0.39, 0.29) is 5.72 Å². The normalized spacial score (nSPS) is 32.0. The van der Waals surface area contributed by atoms with Gasteiger partial charge in [0.2, 0.25) is 11.6 Å². The molecule has 120 valence electrons. The standard InChI is InChI=1S/C16H18N4O2S/c1-21-11-2-3-12-13(8-11)23-15(17-12)14-18-16(22-19-14)9-20-6-4-10(16)5-7-20/h2-3,8,10H,4-7,9H2,1H3,(H,18,19)/t16-/m0/s1. The summed E-state index contributed by atoms with van der Waals surface area (Å²) in [5.41, 5.74) is 0.617. The lowest BCUT2D eigenvalue weighted by molar-refractivity contribution is -0.148. The van der Waals surface area contributed by atoms with Gasteiger partial charge in [0.25, 0.3) is 0 Å². The first-order valence-electron chi connectivity index (χ1n) is 7.97. The zero-order valence-corrected chi connectivity index (χ0v) is 13.7. The van der Waals surface area contributed by atoms with E-state index in [4.69, 9.17) is 9.57 Å². The van der Waals surface area contributed by atoms with Crippen molar-refractivity contribution in [3.05, 3.63) is 23.2 Å². The summed E-state index contributed by atoms with van der Waals surface area (Å²) >= 11 is 1.61. The van der Waals surface area contributed by atoms with Crippen LogP contribution in [0.25, 0.3) is 10.2 Å². The van der Waals surface area contributed by atoms with Crippen molar-refractivity contribution in [1.29, 1.82) is 0 Å². The molecule has 5 heterocycles. The average Bonchev–Trinajstić information content (AvgIpc) is 3.19. The molecule has 3 fully saturated rings. The molecule has 0 amide bonds. The minimum atomic E-state index is -0.346. The molecule has 2 aromatic rings. The van der Waals surface area contributed by atoms with Gasteiger partial charge in [0.15, 0.2) is 5.01 Å². The van der Waals surface area contributed by atoms with E-state index in [9.17, 15) is 0 Å². The van der Waals surface area contributed by atoms with Crippen molar-refractivity contribution >= 4 is 27.4 Å². The largest absolute Gasteiger partial charge is 0.497 e. The molecule has 1 atom stereocenters. The predicted octanol–water partition coefficient (Wildman–Crippen LogP) is 2.01. The van der Waals surface area contributed by atoms with E-state index < -0.39 is 0 Å². The van der Waals surface area contributed by atoms with Crippen LogP contribution in [0.3, 0.4) is 0 Å². The maximum Gasteiger partial charge on any atom is 0.224 e. The molecular formula is C16H18N4O2S. The van der Waals surface area contributed by atoms with Gasteiger partial charge in [0, 0.05) is 5.92 Å². The van der Waals surface area contributed by atoms with Crippen LogP contribution >= 0.6 is 11.3 Å². The van der Waals surface area contributed by atoms with Crippen LogP contribution in [0.4, 0.5) is 0 Å². The number of hydrogen-bond acceptors (Lipinski definition) is 7. The van der Waals surface area contributed by atoms with Crippen molar-refractivity contribution in [2.45, 2.75) is 18.6 Å². The van der Waals surface area contributed by atoms with E-state index in [0.717, 1.165) is 33.4 Å². The Bertz CT molecular complexity index is 796. The molecule has 1 spiro atoms. The number of nitrogens with one attached hydrogen (secondary N) is 1. The van der Waals surface area contributed by atoms with Crippen LogP contribution in [-0.2, 0) is 4.84 Å². The highest BCUT2D eigenvalue weighted by atomic mass is 32.1. The molecular weight excluding hydrogens is 312 g/mol. The molecule has 0 saturated carbocycles. The fourth-order valence-electron chi connectivity index (χ4n) is 3.86. The summed E-state index contributed by atoms with van der Waals surface area (Å²) in [6, 6.07) is 5.92. The molecule has 1 aromatic carbocycles. The average molecular weight is 330 g/mol. The second-order valence-corrected chi connectivity index (χ2v) is 7.48. The lowest BCUT2D eigenvalue weighted by atomic mass is 9.81. The van der Waals surface area contributed by atoms with E-state index >= 15 is 0 Å². The molecule has 2 bridgehead atoms. The summed E-state index contributed by atoms with van der Waals surface area (Å²) in [6.07, 6.45) is 2.35. The smallest absolute Gasteiger partial charge is 0.224 e. The number of nitrogens with zero attached hydrogens (tertiary/aromatic N) is 3. The van der Waals surface area contributed by atoms with Gasteiger partial charge in [-0.1, -0.05) is 5.16 Å². The zero-order chi connectivity index (χ0) is 15.4. The Hall–Kier alpha value is -1.86. The monoisotopic (exact) mass is 330 g/mol. The van der Waals surface area contributed by atoms with Crippen LogP contribution in [-0.4, -0.2) is 48.2 Å². The fourth-order valence-corrected chi connectivity index (χ4v) is 4.79. The Morgan fingerprint density at radius 1 is 1.39 bits per heavy atom. The van der Waals surface area contributed by atoms with Crippen molar-refractivity contribution in [1.82, 2.24) is 15.2 Å². The SMILES string of the molecule is COc1ccc2nc(C3=NO[C@]4(CN5CCC4CC5)N3)sc2c1. The van der Waals surface area contributed by atoms with Gasteiger partial charge in [0.1, 0.15) is 5.75 Å². The molecule has 4 aliphatic heterocycles. The minimum Gasteiger partial charge on any atom is -0.497 e. The second kappa shape index (κ2) is 4.82. The lowest BCUT2D eigenvalue weighted by Crippen LogP contribution is -2.65. The molecule has 0 unspecified atom stereocenters. The number of thiazole rings is 1. The summed E-state index contributed by atoms with van der Waals surface area (Å²) in [5, 5.41) is 8.76. The number of methoxy groups -OCH3 is 1. The van der Waals surface area contributed by atoms with Crippen LogP contribution in [0.5, 0.6) is 5.75 Å². The molecule has 1 N–H and O–H groups in total. The Morgan fingerprint density at radius 2 is 2.26 bits per heavy atom. The Balaban J connectivity index is 1.45. The first-order valence-corrected chi connectivity index (χ1v) is 8.79. The van der Waals surface area contributed by atoms with E-state index in [1.54, 1.807) is 18.4 Å². The van der Waals surface area contributed by atoms with Crippen LogP contribution in [0.2, 0.25) is 0 Å². The highest BCUT2D eigenvalue weighted by Crippen LogP contribution is 2.39. The quantitative estimate of drug-likeness (QED) is 0.913. The van der Waals surface area contributed by atoms with E-state index in [0.29, 0.717) is 5.92 Å². The molecule has 0 aliphatic carbocycles. The topological polar surface area (TPSA) is 59.0 Å². The number of ether oxygens (including phenoxy) is 1. The number of benzene rings is 1. The first-order chi connectivity index (χ1) is 11.3. The van der Waals surface area contributed by atoms with E-state index in [1.807, 2.05) is 18.2 Å². The van der Waals surface area contributed by atoms with Gasteiger partial charge in [0.05, 0.1) is 23.9 Å². The Labute approximate surface area is 138 Å². The molecule has 23 heavy (non-hydrogen) atoms. The van der Waals surface area contributed by atoms with Crippen molar-refractivity contribution in [3.63, 3.8) is 0 Å². The van der Waals surface area contributed by atoms with Crippen LogP contribution < -0.4 is 10.1 Å². The molecule has 7 heteroatoms. The number of amidine groups is 1. The third kappa shape index (κ3) is 2.03. The number of rotatable bonds is 2. The van der Waals surface area contributed by atoms with E-state index in [1.165, 1.54) is 25.9 Å². The molecule has 6 nitrogen and oxygen atoms in total. The molecule has 6 rings (SSSR count). The van der Waals surface area contributed by atoms with Gasteiger partial charge in [-0.05, 0) is 44.1 Å². The van der Waals surface area contributed by atoms with Crippen molar-refractivity contribution in [2.24, 2.45) is 11.1 Å². The third-order valence-corrected chi connectivity index (χ3v) is 6.16. The van der Waals surface area contributed by atoms with Gasteiger partial charge in [-0.15, -0.1) is 11.3 Å². The van der Waals surface area contributed by atoms with Crippen LogP contribution in [0, 0.1) is 5.92 Å². The van der Waals surface area contributed by atoms with Gasteiger partial charge in [-0.25, -0.2) is 4.98 Å². The number of hydrogen-bond donors (Lipinski definition) is 1. The predicted molar refractivity (Wildman–Crippen MR) is 88.8 cm³/mol. The Kier molecular flexibility index (Phi) is 2.84. The van der Waals surface area contributed by atoms with E-state index in [2.05, 4.69) is 20.4 Å². The fraction of sp³-hybridized carbons (Fsp3) is 0.500. The van der Waals surface area contributed by atoms with Gasteiger partial charge < -0.3 is 14.9 Å².